The summed E-state index contributed by atoms with van der Waals surface area (Å²) >= 11 is 0. The fourth-order valence-corrected chi connectivity index (χ4v) is 4.68. The van der Waals surface area contributed by atoms with Crippen LogP contribution in [0.1, 0.15) is 42.7 Å². The summed E-state index contributed by atoms with van der Waals surface area (Å²) in [4.78, 5) is 39.2. The van der Waals surface area contributed by atoms with Gasteiger partial charge in [-0.1, -0.05) is 48.5 Å². The highest BCUT2D eigenvalue weighted by Gasteiger charge is 2.31. The zero-order chi connectivity index (χ0) is 22.5. The highest BCUT2D eigenvalue weighted by molar-refractivity contribution is 5.79. The summed E-state index contributed by atoms with van der Waals surface area (Å²) in [5.74, 6) is -1.40. The van der Waals surface area contributed by atoms with Gasteiger partial charge >= 0.3 is 12.1 Å². The Morgan fingerprint density at radius 3 is 2.28 bits per heavy atom. The van der Waals surface area contributed by atoms with Gasteiger partial charge in [0, 0.05) is 18.4 Å². The zero-order valence-electron chi connectivity index (χ0n) is 17.6. The van der Waals surface area contributed by atoms with Crippen molar-refractivity contribution in [1.82, 2.24) is 10.8 Å². The molecule has 2 atom stereocenters. The van der Waals surface area contributed by atoms with E-state index in [1.807, 2.05) is 24.3 Å². The lowest BCUT2D eigenvalue weighted by atomic mass is 9.98. The first kappa shape index (κ1) is 21.8. The number of hydroxylamine groups is 1. The first-order valence-corrected chi connectivity index (χ1v) is 10.7. The maximum Gasteiger partial charge on any atom is 0.407 e. The quantitative estimate of drug-likeness (QED) is 0.546. The molecule has 168 valence electrons. The van der Waals surface area contributed by atoms with Gasteiger partial charge in [-0.3, -0.25) is 9.63 Å². The molecule has 0 heterocycles. The van der Waals surface area contributed by atoms with Crippen LogP contribution in [0.4, 0.5) is 4.79 Å². The topological polar surface area (TPSA) is 114 Å². The summed E-state index contributed by atoms with van der Waals surface area (Å²) in [5, 5.41) is 11.4. The number of carbonyl (C=O) groups excluding carboxylic acids is 2. The predicted octanol–water partition coefficient (Wildman–Crippen LogP) is 3.22. The normalized spacial score (nSPS) is 19.1. The van der Waals surface area contributed by atoms with E-state index in [9.17, 15) is 14.4 Å². The monoisotopic (exact) mass is 438 g/mol. The van der Waals surface area contributed by atoms with Crippen molar-refractivity contribution in [2.75, 3.05) is 13.2 Å². The van der Waals surface area contributed by atoms with Crippen LogP contribution in [0.5, 0.6) is 0 Å². The van der Waals surface area contributed by atoms with Crippen LogP contribution < -0.4 is 10.8 Å². The molecule has 0 saturated heterocycles. The number of hydrogen-bond donors (Lipinski definition) is 3. The van der Waals surface area contributed by atoms with Crippen LogP contribution in [-0.2, 0) is 19.2 Å². The molecule has 8 heteroatoms. The van der Waals surface area contributed by atoms with E-state index in [2.05, 4.69) is 39.9 Å². The second kappa shape index (κ2) is 9.82. The van der Waals surface area contributed by atoms with E-state index >= 15 is 0 Å². The number of benzene rings is 2. The van der Waals surface area contributed by atoms with E-state index in [4.69, 9.17) is 9.84 Å². The number of carboxylic acids is 1. The zero-order valence-corrected chi connectivity index (χ0v) is 17.6. The van der Waals surface area contributed by atoms with Gasteiger partial charge in [0.05, 0.1) is 0 Å². The molecule has 0 aromatic heterocycles. The lowest BCUT2D eigenvalue weighted by molar-refractivity contribution is -0.149. The number of alkyl carbamates (subject to hydrolysis) is 1. The minimum Gasteiger partial charge on any atom is -0.479 e. The summed E-state index contributed by atoms with van der Waals surface area (Å²) in [6, 6.07) is 16.3. The molecule has 0 aliphatic heterocycles. The summed E-state index contributed by atoms with van der Waals surface area (Å²) in [7, 11) is 0. The van der Waals surface area contributed by atoms with Crippen molar-refractivity contribution in [2.24, 2.45) is 5.92 Å². The van der Waals surface area contributed by atoms with Crippen molar-refractivity contribution in [3.05, 3.63) is 59.7 Å². The van der Waals surface area contributed by atoms with Gasteiger partial charge in [0.1, 0.15) is 6.61 Å². The molecular formula is C24H26N2O6. The number of ether oxygens (including phenoxy) is 1. The minimum atomic E-state index is -1.15. The van der Waals surface area contributed by atoms with Crippen LogP contribution in [0.3, 0.4) is 0 Å². The van der Waals surface area contributed by atoms with E-state index in [0.717, 1.165) is 12.8 Å². The Kier molecular flexibility index (Phi) is 6.70. The molecule has 2 aliphatic rings. The maximum atomic E-state index is 12.4. The van der Waals surface area contributed by atoms with Crippen molar-refractivity contribution in [1.29, 1.82) is 0 Å². The summed E-state index contributed by atoms with van der Waals surface area (Å²) in [6.07, 6.45) is 1.99. The molecule has 0 bridgehead atoms. The van der Waals surface area contributed by atoms with E-state index in [1.165, 1.54) is 22.3 Å². The van der Waals surface area contributed by atoms with E-state index in [1.54, 1.807) is 0 Å². The van der Waals surface area contributed by atoms with Crippen LogP contribution >= 0.6 is 0 Å². The van der Waals surface area contributed by atoms with Crippen molar-refractivity contribution < 1.29 is 29.1 Å². The standard InChI is InChI=1S/C24H26N2O6/c27-22(26-32-14-23(28)29)12-15-9-10-16(11-15)25-24(30)31-13-21-19-7-3-1-5-17(19)18-6-2-4-8-20(18)21/h1-8,15-16,21H,9-14H2,(H,25,30)(H,26,27)(H,28,29)/t15-,16+/m1/s1. The lowest BCUT2D eigenvalue weighted by Crippen LogP contribution is -2.34. The number of fused-ring (bicyclic) bond motifs is 3. The molecule has 2 aromatic carbocycles. The Balaban J connectivity index is 1.24. The van der Waals surface area contributed by atoms with E-state index in [-0.39, 0.29) is 36.8 Å². The average molecular weight is 438 g/mol. The molecule has 0 spiro atoms. The van der Waals surface area contributed by atoms with Crippen molar-refractivity contribution in [3.8, 4) is 11.1 Å². The predicted molar refractivity (Wildman–Crippen MR) is 116 cm³/mol. The summed E-state index contributed by atoms with van der Waals surface area (Å²) in [5.41, 5.74) is 6.83. The van der Waals surface area contributed by atoms with E-state index in [0.29, 0.717) is 6.42 Å². The highest BCUT2D eigenvalue weighted by atomic mass is 16.7. The number of rotatable bonds is 8. The number of nitrogens with one attached hydrogen (secondary N) is 2. The summed E-state index contributed by atoms with van der Waals surface area (Å²) in [6.45, 7) is -0.318. The number of carboxylic acid groups (broad SMARTS) is 1. The first-order valence-electron chi connectivity index (χ1n) is 10.7. The molecular weight excluding hydrogens is 412 g/mol. The number of carbonyl (C=O) groups is 3. The number of aliphatic carboxylic acids is 1. The van der Waals surface area contributed by atoms with Gasteiger partial charge < -0.3 is 15.2 Å². The van der Waals surface area contributed by atoms with Gasteiger partial charge in [0.2, 0.25) is 5.91 Å². The minimum absolute atomic E-state index is 0.0129. The van der Waals surface area contributed by atoms with Crippen LogP contribution in [0.15, 0.2) is 48.5 Å². The Labute approximate surface area is 185 Å². The molecule has 32 heavy (non-hydrogen) atoms. The first-order chi connectivity index (χ1) is 15.5. The maximum absolute atomic E-state index is 12.4. The fraction of sp³-hybridized carbons (Fsp3) is 0.375. The Morgan fingerprint density at radius 2 is 1.62 bits per heavy atom. The molecule has 1 saturated carbocycles. The smallest absolute Gasteiger partial charge is 0.407 e. The SMILES string of the molecule is O=C(O)CONC(=O)C[C@@H]1CC[C@H](NC(=O)OCC2c3ccccc3-c3ccccc32)C1. The van der Waals surface area contributed by atoms with Crippen molar-refractivity contribution in [2.45, 2.75) is 37.6 Å². The Morgan fingerprint density at radius 1 is 0.969 bits per heavy atom. The molecule has 2 aliphatic carbocycles. The molecule has 2 aromatic rings. The van der Waals surface area contributed by atoms with Crippen LogP contribution in [0.2, 0.25) is 0 Å². The molecule has 4 rings (SSSR count). The number of amides is 2. The van der Waals surface area contributed by atoms with Gasteiger partial charge in [0.25, 0.3) is 0 Å². The largest absolute Gasteiger partial charge is 0.479 e. The van der Waals surface area contributed by atoms with Crippen molar-refractivity contribution >= 4 is 18.0 Å². The van der Waals surface area contributed by atoms with Crippen LogP contribution in [-0.4, -0.2) is 42.3 Å². The molecule has 2 amide bonds. The van der Waals surface area contributed by atoms with Crippen LogP contribution in [0.25, 0.3) is 11.1 Å². The second-order valence-electron chi connectivity index (χ2n) is 8.26. The average Bonchev–Trinajstić information content (AvgIpc) is 3.34. The van der Waals surface area contributed by atoms with E-state index < -0.39 is 18.7 Å². The fourth-order valence-electron chi connectivity index (χ4n) is 4.68. The van der Waals surface area contributed by atoms with Crippen molar-refractivity contribution in [3.63, 3.8) is 0 Å². The van der Waals surface area contributed by atoms with Gasteiger partial charge in [-0.15, -0.1) is 0 Å². The molecule has 3 N–H and O–H groups in total. The molecule has 1 fully saturated rings. The van der Waals surface area contributed by atoms with Gasteiger partial charge in [-0.25, -0.2) is 15.1 Å². The highest BCUT2D eigenvalue weighted by Crippen LogP contribution is 2.44. The molecule has 0 unspecified atom stereocenters. The van der Waals surface area contributed by atoms with Gasteiger partial charge in [-0.05, 0) is 47.4 Å². The third kappa shape index (κ3) is 5.08. The van der Waals surface area contributed by atoms with Gasteiger partial charge in [0.15, 0.2) is 6.61 Å². The summed E-state index contributed by atoms with van der Waals surface area (Å²) < 4.78 is 5.59. The Hall–Kier alpha value is -3.39. The second-order valence-corrected chi connectivity index (χ2v) is 8.26. The Bertz CT molecular complexity index is 962. The molecule has 8 nitrogen and oxygen atoms in total. The van der Waals surface area contributed by atoms with Gasteiger partial charge in [-0.2, -0.15) is 0 Å². The van der Waals surface area contributed by atoms with Crippen LogP contribution in [0, 0.1) is 5.92 Å². The molecule has 0 radical (unpaired) electrons. The lowest BCUT2D eigenvalue weighted by Gasteiger charge is -2.17. The number of hydrogen-bond acceptors (Lipinski definition) is 5. The third-order valence-electron chi connectivity index (χ3n) is 6.06. The third-order valence-corrected chi connectivity index (χ3v) is 6.06.